The summed E-state index contributed by atoms with van der Waals surface area (Å²) in [7, 11) is 0. The molecule has 1 heterocycles. The fourth-order valence-corrected chi connectivity index (χ4v) is 3.30. The van der Waals surface area contributed by atoms with E-state index in [1.54, 1.807) is 0 Å². The van der Waals surface area contributed by atoms with E-state index < -0.39 is 5.97 Å². The molecule has 2 N–H and O–H groups in total. The van der Waals surface area contributed by atoms with Crippen LogP contribution in [0.4, 0.5) is 0 Å². The number of rotatable bonds is 6. The summed E-state index contributed by atoms with van der Waals surface area (Å²) in [6.45, 7) is 6.50. The van der Waals surface area contributed by atoms with Gasteiger partial charge in [-0.05, 0) is 53.1 Å². The van der Waals surface area contributed by atoms with Gasteiger partial charge in [0.2, 0.25) is 0 Å². The van der Waals surface area contributed by atoms with Crippen LogP contribution >= 0.6 is 0 Å². The number of hydrogen-bond acceptors (Lipinski definition) is 1. The summed E-state index contributed by atoms with van der Waals surface area (Å²) in [5, 5.41) is 10.4. The number of aryl methyl sites for hydroxylation is 1. The van der Waals surface area contributed by atoms with E-state index in [0.29, 0.717) is 5.92 Å². The molecule has 1 unspecified atom stereocenters. The first-order valence-electron chi connectivity index (χ1n) is 8.99. The smallest absolute Gasteiger partial charge is 0.307 e. The molecule has 0 bridgehead atoms. The fourth-order valence-electron chi connectivity index (χ4n) is 3.30. The van der Waals surface area contributed by atoms with Crippen LogP contribution in [-0.4, -0.2) is 16.1 Å². The summed E-state index contributed by atoms with van der Waals surface area (Å²) in [6, 6.07) is 14.7. The third-order valence-electron chi connectivity index (χ3n) is 5.09. The SMILES string of the molecule is CCc1ccc(-c2[nH]c3ccc(C(C)CC)cc3c2CC(=O)O)cc1. The zero-order valence-corrected chi connectivity index (χ0v) is 15.1. The first-order chi connectivity index (χ1) is 12.0. The quantitative estimate of drug-likeness (QED) is 0.621. The standard InChI is InChI=1S/C22H25NO2/c1-4-14(3)17-10-11-20-18(12-17)19(13-21(24)25)22(23-20)16-8-6-15(5-2)7-9-16/h6-12,14,23H,4-5,13H2,1-3H3,(H,24,25). The lowest BCUT2D eigenvalue weighted by molar-refractivity contribution is -0.136. The van der Waals surface area contributed by atoms with E-state index in [2.05, 4.69) is 68.2 Å². The molecular weight excluding hydrogens is 310 g/mol. The summed E-state index contributed by atoms with van der Waals surface area (Å²) in [5.41, 5.74) is 6.36. The summed E-state index contributed by atoms with van der Waals surface area (Å²) < 4.78 is 0. The van der Waals surface area contributed by atoms with Gasteiger partial charge in [0.1, 0.15) is 0 Å². The van der Waals surface area contributed by atoms with Gasteiger partial charge in [-0.1, -0.05) is 51.1 Å². The molecule has 1 atom stereocenters. The maximum atomic E-state index is 11.5. The molecule has 0 fully saturated rings. The van der Waals surface area contributed by atoms with Crippen LogP contribution in [-0.2, 0) is 17.6 Å². The van der Waals surface area contributed by atoms with Crippen LogP contribution in [0.2, 0.25) is 0 Å². The minimum absolute atomic E-state index is 0.0226. The van der Waals surface area contributed by atoms with Crippen molar-refractivity contribution >= 4 is 16.9 Å². The highest BCUT2D eigenvalue weighted by atomic mass is 16.4. The van der Waals surface area contributed by atoms with Crippen molar-refractivity contribution in [2.24, 2.45) is 0 Å². The van der Waals surface area contributed by atoms with E-state index in [9.17, 15) is 9.90 Å². The highest BCUT2D eigenvalue weighted by Gasteiger charge is 2.17. The number of fused-ring (bicyclic) bond motifs is 1. The molecule has 3 rings (SSSR count). The Balaban J connectivity index is 2.17. The second-order valence-electron chi connectivity index (χ2n) is 6.71. The van der Waals surface area contributed by atoms with Crippen molar-refractivity contribution in [2.75, 3.05) is 0 Å². The molecule has 25 heavy (non-hydrogen) atoms. The van der Waals surface area contributed by atoms with Gasteiger partial charge in [0.25, 0.3) is 0 Å². The number of benzene rings is 2. The molecule has 0 aliphatic carbocycles. The van der Waals surface area contributed by atoms with Crippen LogP contribution in [0.5, 0.6) is 0 Å². The van der Waals surface area contributed by atoms with Crippen LogP contribution in [0.15, 0.2) is 42.5 Å². The Morgan fingerprint density at radius 3 is 2.44 bits per heavy atom. The Labute approximate surface area is 148 Å². The van der Waals surface area contributed by atoms with E-state index in [1.807, 2.05) is 0 Å². The lowest BCUT2D eigenvalue weighted by Crippen LogP contribution is -2.01. The van der Waals surface area contributed by atoms with Gasteiger partial charge in [-0.3, -0.25) is 4.79 Å². The topological polar surface area (TPSA) is 53.1 Å². The number of carboxylic acids is 1. The first kappa shape index (κ1) is 17.3. The Hall–Kier alpha value is -2.55. The van der Waals surface area contributed by atoms with Crippen molar-refractivity contribution in [1.29, 1.82) is 0 Å². The molecule has 3 nitrogen and oxygen atoms in total. The van der Waals surface area contributed by atoms with Crippen molar-refractivity contribution in [3.05, 3.63) is 59.2 Å². The number of aromatic amines is 1. The van der Waals surface area contributed by atoms with Gasteiger partial charge in [0, 0.05) is 10.9 Å². The van der Waals surface area contributed by atoms with Crippen molar-refractivity contribution in [3.8, 4) is 11.3 Å². The van der Waals surface area contributed by atoms with Gasteiger partial charge in [0.15, 0.2) is 0 Å². The van der Waals surface area contributed by atoms with E-state index >= 15 is 0 Å². The molecule has 3 heteroatoms. The first-order valence-corrected chi connectivity index (χ1v) is 8.99. The average molecular weight is 335 g/mol. The van der Waals surface area contributed by atoms with Crippen LogP contribution in [0.3, 0.4) is 0 Å². The monoisotopic (exact) mass is 335 g/mol. The second kappa shape index (κ2) is 7.14. The lowest BCUT2D eigenvalue weighted by Gasteiger charge is -2.09. The van der Waals surface area contributed by atoms with Crippen molar-refractivity contribution in [1.82, 2.24) is 4.98 Å². The summed E-state index contributed by atoms with van der Waals surface area (Å²) in [5.74, 6) is -0.342. The fraction of sp³-hybridized carbons (Fsp3) is 0.318. The number of carbonyl (C=O) groups is 1. The number of H-pyrrole nitrogens is 1. The number of nitrogens with one attached hydrogen (secondary N) is 1. The molecule has 0 aliphatic heterocycles. The minimum atomic E-state index is -0.804. The third kappa shape index (κ3) is 3.46. The Kier molecular flexibility index (Phi) is 4.93. The molecule has 3 aromatic rings. The summed E-state index contributed by atoms with van der Waals surface area (Å²) in [4.78, 5) is 14.9. The van der Waals surface area contributed by atoms with Crippen LogP contribution in [0.25, 0.3) is 22.2 Å². The van der Waals surface area contributed by atoms with Crippen molar-refractivity contribution in [3.63, 3.8) is 0 Å². The molecule has 1 aromatic heterocycles. The zero-order chi connectivity index (χ0) is 18.0. The predicted octanol–water partition coefficient (Wildman–Crippen LogP) is 5.54. The van der Waals surface area contributed by atoms with Gasteiger partial charge in [-0.2, -0.15) is 0 Å². The van der Waals surface area contributed by atoms with Crippen molar-refractivity contribution in [2.45, 2.75) is 46.0 Å². The van der Waals surface area contributed by atoms with E-state index in [4.69, 9.17) is 0 Å². The number of aromatic nitrogens is 1. The molecule has 130 valence electrons. The maximum absolute atomic E-state index is 11.5. The molecule has 0 saturated heterocycles. The van der Waals surface area contributed by atoms with E-state index in [-0.39, 0.29) is 6.42 Å². The molecule has 0 radical (unpaired) electrons. The normalized spacial score (nSPS) is 12.4. The largest absolute Gasteiger partial charge is 0.481 e. The van der Waals surface area contributed by atoms with Gasteiger partial charge in [0.05, 0.1) is 12.1 Å². The van der Waals surface area contributed by atoms with Crippen LogP contribution in [0.1, 0.15) is 49.8 Å². The zero-order valence-electron chi connectivity index (χ0n) is 15.1. The van der Waals surface area contributed by atoms with Gasteiger partial charge in [-0.25, -0.2) is 0 Å². The average Bonchev–Trinajstić information content (AvgIpc) is 2.98. The number of hydrogen-bond donors (Lipinski definition) is 2. The number of carboxylic acid groups (broad SMARTS) is 1. The van der Waals surface area contributed by atoms with Crippen LogP contribution in [0, 0.1) is 0 Å². The Morgan fingerprint density at radius 1 is 1.12 bits per heavy atom. The molecule has 0 spiro atoms. The molecular formula is C22H25NO2. The Bertz CT molecular complexity index is 890. The van der Waals surface area contributed by atoms with E-state index in [1.165, 1.54) is 11.1 Å². The van der Waals surface area contributed by atoms with E-state index in [0.717, 1.165) is 40.6 Å². The Morgan fingerprint density at radius 2 is 1.84 bits per heavy atom. The number of aliphatic carboxylic acids is 1. The van der Waals surface area contributed by atoms with Gasteiger partial charge < -0.3 is 10.1 Å². The lowest BCUT2D eigenvalue weighted by atomic mass is 9.95. The van der Waals surface area contributed by atoms with Gasteiger partial charge >= 0.3 is 5.97 Å². The predicted molar refractivity (Wildman–Crippen MR) is 103 cm³/mol. The molecule has 2 aromatic carbocycles. The molecule has 0 saturated carbocycles. The minimum Gasteiger partial charge on any atom is -0.481 e. The second-order valence-corrected chi connectivity index (χ2v) is 6.71. The molecule has 0 aliphatic rings. The maximum Gasteiger partial charge on any atom is 0.307 e. The highest BCUT2D eigenvalue weighted by Crippen LogP contribution is 2.33. The molecule has 0 amide bonds. The van der Waals surface area contributed by atoms with Crippen LogP contribution < -0.4 is 0 Å². The van der Waals surface area contributed by atoms with Crippen molar-refractivity contribution < 1.29 is 9.90 Å². The summed E-state index contributed by atoms with van der Waals surface area (Å²) >= 11 is 0. The highest BCUT2D eigenvalue weighted by molar-refractivity contribution is 5.94. The van der Waals surface area contributed by atoms with Gasteiger partial charge in [-0.15, -0.1) is 0 Å². The summed E-state index contributed by atoms with van der Waals surface area (Å²) in [6.07, 6.45) is 2.08. The third-order valence-corrected chi connectivity index (χ3v) is 5.09.